The van der Waals surface area contributed by atoms with Gasteiger partial charge in [0.05, 0.1) is 6.54 Å². The molecule has 0 atom stereocenters. The van der Waals surface area contributed by atoms with Gasteiger partial charge in [0.1, 0.15) is 11.5 Å². The van der Waals surface area contributed by atoms with Crippen LogP contribution in [0.3, 0.4) is 0 Å². The number of carbonyl (C=O) groups excluding carboxylic acids is 2. The fourth-order valence-electron chi connectivity index (χ4n) is 2.70. The number of benzene rings is 1. The third kappa shape index (κ3) is 2.71. The van der Waals surface area contributed by atoms with Crippen LogP contribution in [0.4, 0.5) is 9.18 Å². The van der Waals surface area contributed by atoms with Crippen molar-refractivity contribution in [1.82, 2.24) is 14.8 Å². The zero-order chi connectivity index (χ0) is 17.4. The molecular weight excluding hydrogens is 309 g/mol. The van der Waals surface area contributed by atoms with E-state index < -0.39 is 17.8 Å². The molecule has 124 valence electrons. The Balaban J connectivity index is 1.87. The maximum absolute atomic E-state index is 13.8. The highest BCUT2D eigenvalue weighted by Gasteiger charge is 2.34. The summed E-state index contributed by atoms with van der Waals surface area (Å²) in [5.41, 5.74) is 3.42. The smallest absolute Gasteiger partial charge is 0.329 e. The van der Waals surface area contributed by atoms with E-state index in [9.17, 15) is 14.0 Å². The van der Waals surface area contributed by atoms with E-state index in [1.807, 2.05) is 31.5 Å². The van der Waals surface area contributed by atoms with E-state index in [0.717, 1.165) is 21.9 Å². The molecule has 1 aromatic carbocycles. The van der Waals surface area contributed by atoms with Gasteiger partial charge in [0.25, 0.3) is 5.91 Å². The second kappa shape index (κ2) is 5.96. The van der Waals surface area contributed by atoms with Gasteiger partial charge in [-0.05, 0) is 37.6 Å². The van der Waals surface area contributed by atoms with Gasteiger partial charge < -0.3 is 9.88 Å². The van der Waals surface area contributed by atoms with Crippen LogP contribution in [0, 0.1) is 19.7 Å². The van der Waals surface area contributed by atoms with Crippen molar-refractivity contribution in [2.45, 2.75) is 20.4 Å². The summed E-state index contributed by atoms with van der Waals surface area (Å²) in [5.74, 6) is -0.894. The second-order valence-electron chi connectivity index (χ2n) is 5.86. The zero-order valence-electron chi connectivity index (χ0n) is 13.8. The topological polar surface area (TPSA) is 54.3 Å². The van der Waals surface area contributed by atoms with Crippen LogP contribution < -0.4 is 5.32 Å². The number of nitrogens with one attached hydrogen (secondary N) is 1. The Morgan fingerprint density at radius 3 is 2.54 bits per heavy atom. The Hall–Kier alpha value is -2.89. The van der Waals surface area contributed by atoms with Gasteiger partial charge >= 0.3 is 6.03 Å². The summed E-state index contributed by atoms with van der Waals surface area (Å²) < 4.78 is 15.8. The summed E-state index contributed by atoms with van der Waals surface area (Å²) in [4.78, 5) is 25.6. The standard InChI is InChI=1S/C18H18FN3O2/c1-11-8-14(12(2)21(11)3)9-16-17(23)22(18(24)20-16)10-13-6-4-5-7-15(13)19/h4-9H,10H2,1-3H3,(H,20,24)/b16-9+. The van der Waals surface area contributed by atoms with Gasteiger partial charge in [-0.1, -0.05) is 18.2 Å². The van der Waals surface area contributed by atoms with Crippen molar-refractivity contribution in [1.29, 1.82) is 0 Å². The Kier molecular flexibility index (Phi) is 3.97. The molecule has 0 aliphatic carbocycles. The van der Waals surface area contributed by atoms with Crippen molar-refractivity contribution in [2.24, 2.45) is 7.05 Å². The first kappa shape index (κ1) is 16.0. The molecule has 3 rings (SSSR count). The summed E-state index contributed by atoms with van der Waals surface area (Å²) in [6.45, 7) is 3.81. The Labute approximate surface area is 139 Å². The van der Waals surface area contributed by atoms with Crippen molar-refractivity contribution >= 4 is 18.0 Å². The number of hydrogen-bond acceptors (Lipinski definition) is 2. The van der Waals surface area contributed by atoms with Crippen LogP contribution in [0.2, 0.25) is 0 Å². The van der Waals surface area contributed by atoms with Crippen LogP contribution in [0.1, 0.15) is 22.5 Å². The number of amides is 3. The molecule has 2 heterocycles. The molecule has 6 heteroatoms. The van der Waals surface area contributed by atoms with Crippen LogP contribution in [-0.4, -0.2) is 21.4 Å². The molecule has 0 radical (unpaired) electrons. The van der Waals surface area contributed by atoms with E-state index in [1.165, 1.54) is 6.07 Å². The average molecular weight is 327 g/mol. The SMILES string of the molecule is Cc1cc(/C=C2/NC(=O)N(Cc3ccccc3F)C2=O)c(C)n1C. The molecule has 0 spiro atoms. The van der Waals surface area contributed by atoms with Crippen LogP contribution in [0.5, 0.6) is 0 Å². The van der Waals surface area contributed by atoms with E-state index in [0.29, 0.717) is 5.56 Å². The lowest BCUT2D eigenvalue weighted by molar-refractivity contribution is -0.123. The zero-order valence-corrected chi connectivity index (χ0v) is 13.8. The molecule has 0 unspecified atom stereocenters. The summed E-state index contributed by atoms with van der Waals surface area (Å²) in [6, 6.07) is 7.50. The number of rotatable bonds is 3. The third-order valence-corrected chi connectivity index (χ3v) is 4.36. The first-order valence-electron chi connectivity index (χ1n) is 7.59. The van der Waals surface area contributed by atoms with E-state index in [-0.39, 0.29) is 12.2 Å². The van der Waals surface area contributed by atoms with Gasteiger partial charge in [0.2, 0.25) is 0 Å². The number of hydrogen-bond donors (Lipinski definition) is 1. The minimum atomic E-state index is -0.542. The van der Waals surface area contributed by atoms with Crippen LogP contribution >= 0.6 is 0 Å². The number of aryl methyl sites for hydroxylation is 1. The number of nitrogens with zero attached hydrogens (tertiary/aromatic N) is 2. The molecule has 0 bridgehead atoms. The Bertz CT molecular complexity index is 867. The molecule has 1 aromatic heterocycles. The predicted molar refractivity (Wildman–Crippen MR) is 88.3 cm³/mol. The number of aromatic nitrogens is 1. The van der Waals surface area contributed by atoms with Crippen molar-refractivity contribution in [2.75, 3.05) is 0 Å². The van der Waals surface area contributed by atoms with Gasteiger partial charge in [-0.25, -0.2) is 9.18 Å². The molecule has 1 aliphatic rings. The van der Waals surface area contributed by atoms with Crippen molar-refractivity contribution < 1.29 is 14.0 Å². The van der Waals surface area contributed by atoms with E-state index in [2.05, 4.69) is 5.32 Å². The lowest BCUT2D eigenvalue weighted by Gasteiger charge is -2.12. The van der Waals surface area contributed by atoms with Gasteiger partial charge in [0, 0.05) is 24.0 Å². The largest absolute Gasteiger partial charge is 0.352 e. The maximum Gasteiger partial charge on any atom is 0.329 e. The predicted octanol–water partition coefficient (Wildman–Crippen LogP) is 2.87. The summed E-state index contributed by atoms with van der Waals surface area (Å²) in [5, 5.41) is 2.56. The molecular formula is C18H18FN3O2. The van der Waals surface area contributed by atoms with Crippen molar-refractivity contribution in [3.05, 3.63) is 64.4 Å². The normalized spacial score (nSPS) is 16.2. The van der Waals surface area contributed by atoms with Gasteiger partial charge in [0.15, 0.2) is 0 Å². The molecule has 5 nitrogen and oxygen atoms in total. The second-order valence-corrected chi connectivity index (χ2v) is 5.86. The molecule has 1 saturated heterocycles. The van der Waals surface area contributed by atoms with E-state index in [1.54, 1.807) is 24.3 Å². The molecule has 1 N–H and O–H groups in total. The van der Waals surface area contributed by atoms with Gasteiger partial charge in [-0.3, -0.25) is 9.69 Å². The first-order chi connectivity index (χ1) is 11.4. The molecule has 2 aromatic rings. The number of carbonyl (C=O) groups is 2. The van der Waals surface area contributed by atoms with Crippen LogP contribution in [-0.2, 0) is 18.4 Å². The van der Waals surface area contributed by atoms with Crippen molar-refractivity contribution in [3.63, 3.8) is 0 Å². The maximum atomic E-state index is 13.8. The summed E-state index contributed by atoms with van der Waals surface area (Å²) >= 11 is 0. The van der Waals surface area contributed by atoms with Crippen molar-refractivity contribution in [3.8, 4) is 0 Å². The Morgan fingerprint density at radius 2 is 1.92 bits per heavy atom. The molecule has 0 saturated carbocycles. The Morgan fingerprint density at radius 1 is 1.21 bits per heavy atom. The van der Waals surface area contributed by atoms with Gasteiger partial charge in [-0.15, -0.1) is 0 Å². The summed E-state index contributed by atoms with van der Waals surface area (Å²) in [6.07, 6.45) is 1.66. The fraction of sp³-hybridized carbons (Fsp3) is 0.222. The number of halogens is 1. The number of urea groups is 1. The van der Waals surface area contributed by atoms with E-state index >= 15 is 0 Å². The minimum Gasteiger partial charge on any atom is -0.352 e. The van der Waals surface area contributed by atoms with E-state index in [4.69, 9.17) is 0 Å². The highest BCUT2D eigenvalue weighted by molar-refractivity contribution is 6.13. The number of imide groups is 1. The highest BCUT2D eigenvalue weighted by Crippen LogP contribution is 2.21. The van der Waals surface area contributed by atoms with Crippen LogP contribution in [0.15, 0.2) is 36.0 Å². The minimum absolute atomic E-state index is 0.0958. The van der Waals surface area contributed by atoms with Gasteiger partial charge in [-0.2, -0.15) is 0 Å². The third-order valence-electron chi connectivity index (χ3n) is 4.36. The lowest BCUT2D eigenvalue weighted by atomic mass is 10.2. The molecule has 1 fully saturated rings. The molecule has 1 aliphatic heterocycles. The monoisotopic (exact) mass is 327 g/mol. The summed E-state index contributed by atoms with van der Waals surface area (Å²) in [7, 11) is 1.94. The average Bonchev–Trinajstić information content (AvgIpc) is 2.94. The molecule has 24 heavy (non-hydrogen) atoms. The fourth-order valence-corrected chi connectivity index (χ4v) is 2.70. The lowest BCUT2D eigenvalue weighted by Crippen LogP contribution is -2.30. The molecule has 3 amide bonds. The highest BCUT2D eigenvalue weighted by atomic mass is 19.1. The first-order valence-corrected chi connectivity index (χ1v) is 7.59. The van der Waals surface area contributed by atoms with Crippen LogP contribution in [0.25, 0.3) is 6.08 Å². The quantitative estimate of drug-likeness (QED) is 0.696.